The number of primary amides is 1. The summed E-state index contributed by atoms with van der Waals surface area (Å²) in [5, 5.41) is 1.69. The highest BCUT2D eigenvalue weighted by Gasteiger charge is 2.31. The number of rotatable bonds is 3. The second-order valence-corrected chi connectivity index (χ2v) is 4.20. The van der Waals surface area contributed by atoms with Gasteiger partial charge in [-0.25, -0.2) is 9.59 Å². The van der Waals surface area contributed by atoms with Gasteiger partial charge in [-0.05, 0) is 25.1 Å². The summed E-state index contributed by atoms with van der Waals surface area (Å²) in [6.07, 6.45) is -5.99. The third-order valence-electron chi connectivity index (χ3n) is 2.50. The number of ether oxygens (including phenoxy) is 1. The minimum atomic E-state index is -4.61. The lowest BCUT2D eigenvalue weighted by atomic mass is 10.1. The van der Waals surface area contributed by atoms with Crippen LogP contribution >= 0.6 is 0 Å². The molecule has 7 nitrogen and oxygen atoms in total. The highest BCUT2D eigenvalue weighted by molar-refractivity contribution is 5.99. The fourth-order valence-electron chi connectivity index (χ4n) is 1.43. The van der Waals surface area contributed by atoms with Gasteiger partial charge in [-0.1, -0.05) is 0 Å². The molecule has 0 saturated heterocycles. The predicted octanol–water partition coefficient (Wildman–Crippen LogP) is 1.03. The Morgan fingerprint density at radius 2 is 1.86 bits per heavy atom. The van der Waals surface area contributed by atoms with Gasteiger partial charge in [0.25, 0.3) is 5.91 Å². The van der Waals surface area contributed by atoms with E-state index in [4.69, 9.17) is 11.5 Å². The van der Waals surface area contributed by atoms with E-state index in [9.17, 15) is 27.6 Å². The number of esters is 1. The molecule has 10 heteroatoms. The van der Waals surface area contributed by atoms with Crippen molar-refractivity contribution >= 4 is 23.6 Å². The zero-order valence-electron chi connectivity index (χ0n) is 11.2. The fourth-order valence-corrected chi connectivity index (χ4v) is 1.43. The number of carbonyl (C=O) groups is 3. The zero-order valence-corrected chi connectivity index (χ0v) is 11.2. The van der Waals surface area contributed by atoms with Crippen LogP contribution < -0.4 is 16.8 Å². The van der Waals surface area contributed by atoms with E-state index in [0.717, 1.165) is 13.0 Å². The number of imide groups is 1. The Kier molecular flexibility index (Phi) is 4.97. The van der Waals surface area contributed by atoms with Gasteiger partial charge >= 0.3 is 18.2 Å². The van der Waals surface area contributed by atoms with Gasteiger partial charge in [0.1, 0.15) is 0 Å². The van der Waals surface area contributed by atoms with Gasteiger partial charge in [-0.3, -0.25) is 10.1 Å². The summed E-state index contributed by atoms with van der Waals surface area (Å²) in [4.78, 5) is 33.5. The first kappa shape index (κ1) is 17.3. The average molecular weight is 319 g/mol. The molecule has 0 radical (unpaired) electrons. The van der Waals surface area contributed by atoms with Gasteiger partial charge in [0, 0.05) is 5.69 Å². The topological polar surface area (TPSA) is 125 Å². The van der Waals surface area contributed by atoms with Crippen LogP contribution in [0.5, 0.6) is 0 Å². The number of nitrogen functional groups attached to an aromatic ring is 1. The molecule has 0 aliphatic heterocycles. The molecule has 1 aromatic carbocycles. The van der Waals surface area contributed by atoms with Gasteiger partial charge in [0.2, 0.25) is 0 Å². The van der Waals surface area contributed by atoms with Crippen LogP contribution in [0, 0.1) is 0 Å². The van der Waals surface area contributed by atoms with E-state index < -0.39 is 41.4 Å². The van der Waals surface area contributed by atoms with E-state index in [2.05, 4.69) is 4.74 Å². The lowest BCUT2D eigenvalue weighted by Crippen LogP contribution is -2.42. The molecule has 0 aromatic heterocycles. The average Bonchev–Trinajstić information content (AvgIpc) is 2.36. The monoisotopic (exact) mass is 319 g/mol. The standard InChI is InChI=1S/C12H12F3N3O4/c1-5(9(19)18-11(17)21)22-10(20)7-3-2-6(4-8(7)16)12(13,14)15/h2-5H,16H2,1H3,(H3,17,18,19,21)/t5-/m1/s1. The summed E-state index contributed by atoms with van der Waals surface area (Å²) in [5.74, 6) is -2.09. The molecule has 1 aromatic rings. The van der Waals surface area contributed by atoms with E-state index >= 15 is 0 Å². The van der Waals surface area contributed by atoms with Crippen molar-refractivity contribution in [3.8, 4) is 0 Å². The molecule has 1 atom stereocenters. The van der Waals surface area contributed by atoms with Gasteiger partial charge in [0.15, 0.2) is 6.10 Å². The molecule has 0 spiro atoms. The second-order valence-electron chi connectivity index (χ2n) is 4.20. The third kappa shape index (κ3) is 4.36. The predicted molar refractivity (Wildman–Crippen MR) is 68.5 cm³/mol. The molecule has 5 N–H and O–H groups in total. The summed E-state index contributed by atoms with van der Waals surface area (Å²) in [6.45, 7) is 1.15. The Bertz CT molecular complexity index is 616. The number of benzene rings is 1. The third-order valence-corrected chi connectivity index (χ3v) is 2.50. The number of nitrogens with two attached hydrogens (primary N) is 2. The quantitative estimate of drug-likeness (QED) is 0.567. The van der Waals surface area contributed by atoms with Crippen molar-refractivity contribution in [1.82, 2.24) is 5.32 Å². The van der Waals surface area contributed by atoms with Crippen molar-refractivity contribution in [3.63, 3.8) is 0 Å². The van der Waals surface area contributed by atoms with Crippen LogP contribution in [-0.2, 0) is 15.7 Å². The maximum Gasteiger partial charge on any atom is 0.416 e. The van der Waals surface area contributed by atoms with Gasteiger partial charge in [-0.15, -0.1) is 0 Å². The number of anilines is 1. The molecule has 0 saturated carbocycles. The van der Waals surface area contributed by atoms with Gasteiger partial charge < -0.3 is 16.2 Å². The van der Waals surface area contributed by atoms with E-state index in [-0.39, 0.29) is 5.56 Å². The number of nitrogens with one attached hydrogen (secondary N) is 1. The van der Waals surface area contributed by atoms with E-state index in [0.29, 0.717) is 12.1 Å². The first-order chi connectivity index (χ1) is 10.0. The smallest absolute Gasteiger partial charge is 0.416 e. The maximum atomic E-state index is 12.5. The van der Waals surface area contributed by atoms with Crippen molar-refractivity contribution in [1.29, 1.82) is 0 Å². The molecule has 1 rings (SSSR count). The van der Waals surface area contributed by atoms with Crippen LogP contribution in [0.1, 0.15) is 22.8 Å². The fraction of sp³-hybridized carbons (Fsp3) is 0.250. The molecule has 0 heterocycles. The lowest BCUT2D eigenvalue weighted by Gasteiger charge is -2.14. The Morgan fingerprint density at radius 3 is 2.32 bits per heavy atom. The molecule has 0 bridgehead atoms. The maximum absolute atomic E-state index is 12.5. The summed E-state index contributed by atoms with van der Waals surface area (Å²) < 4.78 is 42.1. The number of halogens is 3. The Labute approximate surface area is 122 Å². The van der Waals surface area contributed by atoms with Crippen molar-refractivity contribution in [2.24, 2.45) is 5.73 Å². The zero-order chi connectivity index (χ0) is 17.1. The van der Waals surface area contributed by atoms with Crippen LogP contribution in [0.15, 0.2) is 18.2 Å². The minimum Gasteiger partial charge on any atom is -0.449 e. The normalized spacial score (nSPS) is 12.4. The molecule has 0 aliphatic rings. The highest BCUT2D eigenvalue weighted by atomic mass is 19.4. The second kappa shape index (κ2) is 6.33. The van der Waals surface area contributed by atoms with Gasteiger partial charge in [0.05, 0.1) is 11.1 Å². The lowest BCUT2D eigenvalue weighted by molar-refractivity contribution is -0.137. The molecule has 120 valence electrons. The van der Waals surface area contributed by atoms with Crippen LogP contribution in [-0.4, -0.2) is 24.0 Å². The molecule has 0 fully saturated rings. The Balaban J connectivity index is 2.86. The number of urea groups is 1. The molecular formula is C12H12F3N3O4. The van der Waals surface area contributed by atoms with Crippen LogP contribution in [0.25, 0.3) is 0 Å². The molecule has 0 aliphatic carbocycles. The Hall–Kier alpha value is -2.78. The van der Waals surface area contributed by atoms with Crippen molar-refractivity contribution in [3.05, 3.63) is 29.3 Å². The summed E-state index contributed by atoms with van der Waals surface area (Å²) in [5.41, 5.74) is 8.27. The number of alkyl halides is 3. The van der Waals surface area contributed by atoms with Gasteiger partial charge in [-0.2, -0.15) is 13.2 Å². The van der Waals surface area contributed by atoms with E-state index in [1.807, 2.05) is 0 Å². The molecular weight excluding hydrogens is 307 g/mol. The molecule has 0 unspecified atom stereocenters. The first-order valence-corrected chi connectivity index (χ1v) is 5.80. The largest absolute Gasteiger partial charge is 0.449 e. The number of carbonyl (C=O) groups excluding carboxylic acids is 3. The van der Waals surface area contributed by atoms with E-state index in [1.54, 1.807) is 5.32 Å². The summed E-state index contributed by atoms with van der Waals surface area (Å²) >= 11 is 0. The highest BCUT2D eigenvalue weighted by Crippen LogP contribution is 2.31. The van der Waals surface area contributed by atoms with Crippen molar-refractivity contribution < 1.29 is 32.3 Å². The SMILES string of the molecule is C[C@@H](OC(=O)c1ccc(C(F)(F)F)cc1N)C(=O)NC(N)=O. The molecule has 22 heavy (non-hydrogen) atoms. The van der Waals surface area contributed by atoms with Crippen LogP contribution in [0.4, 0.5) is 23.7 Å². The van der Waals surface area contributed by atoms with Crippen LogP contribution in [0.2, 0.25) is 0 Å². The number of hydrogen-bond donors (Lipinski definition) is 3. The number of hydrogen-bond acceptors (Lipinski definition) is 5. The van der Waals surface area contributed by atoms with Crippen LogP contribution in [0.3, 0.4) is 0 Å². The van der Waals surface area contributed by atoms with Crippen molar-refractivity contribution in [2.75, 3.05) is 5.73 Å². The summed E-state index contributed by atoms with van der Waals surface area (Å²) in [6, 6.07) is 0.923. The number of amides is 3. The Morgan fingerprint density at radius 1 is 1.27 bits per heavy atom. The molecule has 3 amide bonds. The summed E-state index contributed by atoms with van der Waals surface area (Å²) in [7, 11) is 0. The van der Waals surface area contributed by atoms with E-state index in [1.165, 1.54) is 0 Å². The minimum absolute atomic E-state index is 0.341. The first-order valence-electron chi connectivity index (χ1n) is 5.80. The van der Waals surface area contributed by atoms with Crippen molar-refractivity contribution in [2.45, 2.75) is 19.2 Å².